The fraction of sp³-hybridized carbons (Fsp3) is 0.800. The van der Waals surface area contributed by atoms with Gasteiger partial charge in [-0.15, -0.1) is 0 Å². The van der Waals surface area contributed by atoms with Gasteiger partial charge in [0.2, 0.25) is 0 Å². The maximum absolute atomic E-state index is 12.3. The average molecular weight is 298 g/mol. The summed E-state index contributed by atoms with van der Waals surface area (Å²) in [7, 11) is 0. The number of hydrogen-bond donors (Lipinski definition) is 3. The number of rotatable bonds is 0. The predicted molar refractivity (Wildman–Crippen MR) is 72.4 cm³/mol. The molecule has 118 valence electrons. The number of carbonyl (C=O) groups is 1. The Kier molecular flexibility index (Phi) is 3.50. The van der Waals surface area contributed by atoms with E-state index < -0.39 is 29.4 Å². The third-order valence-electron chi connectivity index (χ3n) is 4.78. The lowest BCUT2D eigenvalue weighted by Gasteiger charge is -2.47. The fourth-order valence-corrected chi connectivity index (χ4v) is 3.59. The Morgan fingerprint density at radius 1 is 1.33 bits per heavy atom. The van der Waals surface area contributed by atoms with Gasteiger partial charge >= 0.3 is 0 Å². The molecule has 1 fully saturated rings. The van der Waals surface area contributed by atoms with Crippen molar-refractivity contribution in [1.82, 2.24) is 0 Å². The zero-order chi connectivity index (χ0) is 15.4. The Bertz CT molecular complexity index is 484. The molecule has 3 N–H and O–H groups in total. The van der Waals surface area contributed by atoms with Crippen molar-refractivity contribution in [1.29, 1.82) is 0 Å². The van der Waals surface area contributed by atoms with Crippen LogP contribution in [0, 0.1) is 0 Å². The first-order valence-electron chi connectivity index (χ1n) is 7.39. The summed E-state index contributed by atoms with van der Waals surface area (Å²) in [5.41, 5.74) is -0.550. The van der Waals surface area contributed by atoms with E-state index in [1.54, 1.807) is 0 Å². The highest BCUT2D eigenvalue weighted by Gasteiger charge is 2.51. The van der Waals surface area contributed by atoms with Crippen LogP contribution in [0.25, 0.3) is 0 Å². The lowest BCUT2D eigenvalue weighted by atomic mass is 9.74. The largest absolute Gasteiger partial charge is 0.393 e. The average Bonchev–Trinajstić information content (AvgIpc) is 2.35. The maximum atomic E-state index is 12.3. The number of ketones is 1. The van der Waals surface area contributed by atoms with Crippen molar-refractivity contribution in [2.45, 2.75) is 69.2 Å². The molecule has 0 bridgehead atoms. The van der Waals surface area contributed by atoms with Gasteiger partial charge in [0.15, 0.2) is 17.2 Å². The molecule has 0 aromatic carbocycles. The molecule has 1 saturated heterocycles. The van der Waals surface area contributed by atoms with Gasteiger partial charge in [0.25, 0.3) is 0 Å². The molecule has 0 amide bonds. The highest BCUT2D eigenvalue weighted by Crippen LogP contribution is 2.44. The van der Waals surface area contributed by atoms with Crippen molar-refractivity contribution in [3.63, 3.8) is 0 Å². The van der Waals surface area contributed by atoms with E-state index >= 15 is 0 Å². The molecule has 6 nitrogen and oxygen atoms in total. The minimum absolute atomic E-state index is 0.0521. The number of carbonyl (C=O) groups excluding carboxylic acids is 1. The van der Waals surface area contributed by atoms with Crippen LogP contribution in [0.1, 0.15) is 39.5 Å². The van der Waals surface area contributed by atoms with Gasteiger partial charge in [-0.05, 0) is 26.7 Å². The van der Waals surface area contributed by atoms with Crippen LogP contribution < -0.4 is 0 Å². The number of aliphatic hydroxyl groups is 3. The Balaban J connectivity index is 1.88. The lowest BCUT2D eigenvalue weighted by molar-refractivity contribution is -0.293. The van der Waals surface area contributed by atoms with Gasteiger partial charge in [0.05, 0.1) is 24.9 Å². The summed E-state index contributed by atoms with van der Waals surface area (Å²) in [4.78, 5) is 12.3. The van der Waals surface area contributed by atoms with E-state index in [2.05, 4.69) is 0 Å². The van der Waals surface area contributed by atoms with Crippen LogP contribution >= 0.6 is 0 Å². The molecular formula is C15H22O6. The van der Waals surface area contributed by atoms with Gasteiger partial charge in [-0.25, -0.2) is 0 Å². The normalized spacial score (nSPS) is 47.7. The van der Waals surface area contributed by atoms with Crippen LogP contribution in [0.3, 0.4) is 0 Å². The van der Waals surface area contributed by atoms with Gasteiger partial charge < -0.3 is 24.8 Å². The number of ether oxygens (including phenoxy) is 2. The van der Waals surface area contributed by atoms with E-state index in [1.807, 2.05) is 6.92 Å². The molecular weight excluding hydrogens is 276 g/mol. The molecule has 3 aliphatic rings. The number of Topliss-reactive ketones (excluding diaryl/α,β-unsaturated/α-hetero) is 1. The summed E-state index contributed by atoms with van der Waals surface area (Å²) >= 11 is 0. The number of hydrogen-bond acceptors (Lipinski definition) is 6. The molecule has 2 aliphatic heterocycles. The highest BCUT2D eigenvalue weighted by molar-refractivity contribution is 6.04. The zero-order valence-corrected chi connectivity index (χ0v) is 12.3. The summed E-state index contributed by atoms with van der Waals surface area (Å²) in [5.74, 6) is -1.39. The van der Waals surface area contributed by atoms with Crippen LogP contribution in [0.5, 0.6) is 0 Å². The monoisotopic (exact) mass is 298 g/mol. The smallest absolute Gasteiger partial charge is 0.195 e. The molecule has 0 radical (unpaired) electrons. The Labute approximate surface area is 123 Å². The minimum atomic E-state index is -1.76. The van der Waals surface area contributed by atoms with Crippen LogP contribution in [-0.4, -0.2) is 57.4 Å². The molecule has 0 aromatic heterocycles. The molecule has 5 atom stereocenters. The Morgan fingerprint density at radius 2 is 2.05 bits per heavy atom. The maximum Gasteiger partial charge on any atom is 0.195 e. The highest BCUT2D eigenvalue weighted by atomic mass is 16.7. The SMILES string of the molecule is C[C@H]1C[C@H](O)C[C@@]2(CC3=C(CO2)C(=O)[C@](C)(O)[C@H](O)C3)O1. The van der Waals surface area contributed by atoms with Gasteiger partial charge in [-0.2, -0.15) is 0 Å². The zero-order valence-electron chi connectivity index (χ0n) is 12.3. The third-order valence-corrected chi connectivity index (χ3v) is 4.78. The van der Waals surface area contributed by atoms with E-state index in [4.69, 9.17) is 9.47 Å². The molecule has 0 unspecified atom stereocenters. The second kappa shape index (κ2) is 4.86. The van der Waals surface area contributed by atoms with E-state index in [0.29, 0.717) is 24.8 Å². The summed E-state index contributed by atoms with van der Waals surface area (Å²) < 4.78 is 11.6. The summed E-state index contributed by atoms with van der Waals surface area (Å²) in [5, 5.41) is 30.0. The van der Waals surface area contributed by atoms with E-state index in [0.717, 1.165) is 5.57 Å². The fourth-order valence-electron chi connectivity index (χ4n) is 3.59. The van der Waals surface area contributed by atoms with Crippen LogP contribution in [-0.2, 0) is 14.3 Å². The second-order valence-corrected chi connectivity index (χ2v) is 6.68. The van der Waals surface area contributed by atoms with E-state index in [-0.39, 0.29) is 19.1 Å². The van der Waals surface area contributed by atoms with Crippen molar-refractivity contribution in [3.8, 4) is 0 Å². The first kappa shape index (κ1) is 15.1. The molecule has 1 aliphatic carbocycles. The van der Waals surface area contributed by atoms with Crippen molar-refractivity contribution >= 4 is 5.78 Å². The van der Waals surface area contributed by atoms with Gasteiger partial charge in [0, 0.05) is 18.4 Å². The first-order chi connectivity index (χ1) is 9.73. The van der Waals surface area contributed by atoms with Crippen molar-refractivity contribution in [2.24, 2.45) is 0 Å². The molecule has 3 rings (SSSR count). The van der Waals surface area contributed by atoms with Crippen LogP contribution in [0.15, 0.2) is 11.1 Å². The Morgan fingerprint density at radius 3 is 2.71 bits per heavy atom. The molecule has 0 aromatic rings. The third kappa shape index (κ3) is 2.45. The summed E-state index contributed by atoms with van der Waals surface area (Å²) in [6, 6.07) is 0. The lowest BCUT2D eigenvalue weighted by Crippen LogP contribution is -2.56. The first-order valence-corrected chi connectivity index (χ1v) is 7.39. The van der Waals surface area contributed by atoms with Crippen LogP contribution in [0.2, 0.25) is 0 Å². The molecule has 1 spiro atoms. The predicted octanol–water partition coefficient (Wildman–Crippen LogP) is 0.0441. The topological polar surface area (TPSA) is 96.2 Å². The second-order valence-electron chi connectivity index (χ2n) is 6.68. The van der Waals surface area contributed by atoms with Crippen molar-refractivity contribution in [3.05, 3.63) is 11.1 Å². The number of aliphatic hydroxyl groups excluding tert-OH is 2. The quantitative estimate of drug-likeness (QED) is 0.584. The molecule has 6 heteroatoms. The van der Waals surface area contributed by atoms with Crippen LogP contribution in [0.4, 0.5) is 0 Å². The van der Waals surface area contributed by atoms with E-state index in [1.165, 1.54) is 6.92 Å². The van der Waals surface area contributed by atoms with Crippen molar-refractivity contribution in [2.75, 3.05) is 6.61 Å². The van der Waals surface area contributed by atoms with Crippen molar-refractivity contribution < 1.29 is 29.6 Å². The van der Waals surface area contributed by atoms with Gasteiger partial charge in [-0.1, -0.05) is 5.57 Å². The standard InChI is InChI=1S/C15H22O6/c1-8-3-10(16)6-15(21-8)5-9-4-12(17)14(2,19)13(18)11(9)7-20-15/h8,10,12,16-17,19H,3-7H2,1-2H3/t8-,10-,12+,14+,15+/m0/s1. The van der Waals surface area contributed by atoms with Gasteiger partial charge in [0.1, 0.15) is 0 Å². The molecule has 2 heterocycles. The Hall–Kier alpha value is -0.790. The van der Waals surface area contributed by atoms with E-state index in [9.17, 15) is 20.1 Å². The summed E-state index contributed by atoms with van der Waals surface area (Å²) in [6.45, 7) is 3.26. The molecule has 0 saturated carbocycles. The van der Waals surface area contributed by atoms with Gasteiger partial charge in [-0.3, -0.25) is 4.79 Å². The molecule has 21 heavy (non-hydrogen) atoms. The minimum Gasteiger partial charge on any atom is -0.393 e. The summed E-state index contributed by atoms with van der Waals surface area (Å²) in [6.07, 6.45) is -0.242.